The predicted octanol–water partition coefficient (Wildman–Crippen LogP) is 5.54. The molecule has 11 heteroatoms. The van der Waals surface area contributed by atoms with Crippen LogP contribution in [0, 0.1) is 5.92 Å². The molecule has 0 saturated heterocycles. The van der Waals surface area contributed by atoms with Crippen LogP contribution in [-0.4, -0.2) is 60.7 Å². The minimum absolute atomic E-state index is 0.0506. The number of carbonyl (C=O) groups is 1. The molecule has 1 atom stereocenters. The largest absolute Gasteiger partial charge is 0.481 e. The first kappa shape index (κ1) is 33.6. The van der Waals surface area contributed by atoms with Crippen molar-refractivity contribution >= 4 is 16.0 Å². The Bertz CT molecular complexity index is 1550. The lowest BCUT2D eigenvalue weighted by atomic mass is 9.88. The van der Waals surface area contributed by atoms with Crippen molar-refractivity contribution in [2.45, 2.75) is 68.7 Å². The highest BCUT2D eigenvalue weighted by Crippen LogP contribution is 2.36. The smallest absolute Gasteiger partial charge is 0.416 e. The number of aryl methyl sites for hydroxylation is 1. The van der Waals surface area contributed by atoms with Crippen molar-refractivity contribution in [1.82, 2.24) is 9.62 Å². The Balaban J connectivity index is 1.43. The highest BCUT2D eigenvalue weighted by Gasteiger charge is 2.34. The third-order valence-electron chi connectivity index (χ3n) is 8.08. The van der Waals surface area contributed by atoms with E-state index in [0.717, 1.165) is 29.6 Å². The summed E-state index contributed by atoms with van der Waals surface area (Å²) in [5.41, 5.74) is 2.35. The third-order valence-corrected chi connectivity index (χ3v) is 9.88. The van der Waals surface area contributed by atoms with Crippen molar-refractivity contribution in [2.24, 2.45) is 5.92 Å². The number of carboxylic acid groups (broad SMARTS) is 1. The molecular weight excluding hydrogens is 593 g/mol. The topological polar surface area (TPSA) is 107 Å². The van der Waals surface area contributed by atoms with Crippen LogP contribution in [0.4, 0.5) is 13.2 Å². The van der Waals surface area contributed by atoms with Crippen molar-refractivity contribution in [2.75, 3.05) is 20.1 Å². The minimum atomic E-state index is -4.80. The summed E-state index contributed by atoms with van der Waals surface area (Å²) >= 11 is 0. The van der Waals surface area contributed by atoms with Gasteiger partial charge in [-0.05, 0) is 91.5 Å². The first-order valence-corrected chi connectivity index (χ1v) is 16.0. The van der Waals surface area contributed by atoms with Gasteiger partial charge < -0.3 is 15.5 Å². The fourth-order valence-electron chi connectivity index (χ4n) is 5.82. The summed E-state index contributed by atoms with van der Waals surface area (Å²) in [4.78, 5) is 10.3. The van der Waals surface area contributed by atoms with Gasteiger partial charge in [0.05, 0.1) is 16.6 Å². The van der Waals surface area contributed by atoms with Crippen LogP contribution in [0.1, 0.15) is 48.9 Å². The number of carboxylic acids is 1. The molecule has 3 N–H and O–H groups in total. The van der Waals surface area contributed by atoms with Gasteiger partial charge >= 0.3 is 12.1 Å². The highest BCUT2D eigenvalue weighted by atomic mass is 32.2. The fraction of sp³-hybridized carbons (Fsp3) is 0.424. The van der Waals surface area contributed by atoms with E-state index < -0.39 is 38.7 Å². The summed E-state index contributed by atoms with van der Waals surface area (Å²) in [5.74, 6) is -0.517. The van der Waals surface area contributed by atoms with Crippen LogP contribution in [0.5, 0.6) is 0 Å². The standard InChI is InChI=1S/C33H39F3N2O5S/c1-32(2,19-23-14-25-6-4-5-7-26(25)15-23)37-20-29(39)21-38(3)44(42,43)30-17-27(16-28(18-30)33(34,35)36)24-11-8-22(9-12-24)10-13-31(40)41/h4-9,11-12,16-18,23,29,37,39H,10,13-15,19-21H2,1-3H3,(H,40,41). The number of nitrogens with one attached hydrogen (secondary N) is 1. The van der Waals surface area contributed by atoms with Gasteiger partial charge in [0.1, 0.15) is 0 Å². The molecule has 0 radical (unpaired) electrons. The molecule has 0 amide bonds. The molecule has 4 rings (SSSR count). The number of aliphatic carboxylic acids is 1. The van der Waals surface area contributed by atoms with Crippen LogP contribution in [0.3, 0.4) is 0 Å². The number of aliphatic hydroxyl groups excluding tert-OH is 1. The maximum absolute atomic E-state index is 13.8. The summed E-state index contributed by atoms with van der Waals surface area (Å²) in [6.45, 7) is 3.86. The van der Waals surface area contributed by atoms with Gasteiger partial charge in [0.2, 0.25) is 10.0 Å². The lowest BCUT2D eigenvalue weighted by molar-refractivity contribution is -0.138. The van der Waals surface area contributed by atoms with E-state index >= 15 is 0 Å². The number of likely N-dealkylation sites (N-methyl/N-ethyl adjacent to an activating group) is 1. The molecule has 238 valence electrons. The molecule has 0 bridgehead atoms. The van der Waals surface area contributed by atoms with Gasteiger partial charge in [-0.3, -0.25) is 4.79 Å². The summed E-state index contributed by atoms with van der Waals surface area (Å²) in [6, 6.07) is 17.3. The average molecular weight is 633 g/mol. The Labute approximate surface area is 256 Å². The minimum Gasteiger partial charge on any atom is -0.481 e. The van der Waals surface area contributed by atoms with Crippen LogP contribution < -0.4 is 5.32 Å². The number of fused-ring (bicyclic) bond motifs is 1. The van der Waals surface area contributed by atoms with Crippen molar-refractivity contribution in [3.8, 4) is 11.1 Å². The van der Waals surface area contributed by atoms with E-state index in [1.54, 1.807) is 12.1 Å². The van der Waals surface area contributed by atoms with Crippen LogP contribution in [-0.2, 0) is 40.3 Å². The molecule has 0 fully saturated rings. The lowest BCUT2D eigenvalue weighted by Gasteiger charge is -2.31. The summed E-state index contributed by atoms with van der Waals surface area (Å²) in [6.07, 6.45) is -2.90. The van der Waals surface area contributed by atoms with Crippen molar-refractivity contribution in [1.29, 1.82) is 0 Å². The zero-order valence-electron chi connectivity index (χ0n) is 25.1. The highest BCUT2D eigenvalue weighted by molar-refractivity contribution is 7.89. The summed E-state index contributed by atoms with van der Waals surface area (Å²) in [5, 5.41) is 22.9. The number of benzene rings is 3. The van der Waals surface area contributed by atoms with E-state index in [1.165, 1.54) is 36.4 Å². The average Bonchev–Trinajstić information content (AvgIpc) is 3.36. The lowest BCUT2D eigenvalue weighted by Crippen LogP contribution is -2.47. The Morgan fingerprint density at radius 1 is 1.00 bits per heavy atom. The Hall–Kier alpha value is -3.25. The van der Waals surface area contributed by atoms with Crippen LogP contribution in [0.25, 0.3) is 11.1 Å². The Kier molecular flexibility index (Phi) is 10.2. The van der Waals surface area contributed by atoms with E-state index in [2.05, 4.69) is 17.4 Å². The molecule has 0 heterocycles. The van der Waals surface area contributed by atoms with E-state index in [0.29, 0.717) is 23.1 Å². The van der Waals surface area contributed by atoms with Gasteiger partial charge in [-0.2, -0.15) is 17.5 Å². The number of alkyl halides is 3. The number of hydrogen-bond acceptors (Lipinski definition) is 5. The van der Waals surface area contributed by atoms with E-state index in [-0.39, 0.29) is 37.0 Å². The maximum Gasteiger partial charge on any atom is 0.416 e. The van der Waals surface area contributed by atoms with Gasteiger partial charge in [-0.15, -0.1) is 0 Å². The molecular formula is C33H39F3N2O5S. The van der Waals surface area contributed by atoms with E-state index in [4.69, 9.17) is 5.11 Å². The molecule has 44 heavy (non-hydrogen) atoms. The number of β-amino-alcohol motifs (C(OH)–C–C–N with tert-alkyl or cyclic N) is 1. The molecule has 1 unspecified atom stereocenters. The zero-order chi connectivity index (χ0) is 32.3. The van der Waals surface area contributed by atoms with Crippen molar-refractivity contribution < 1.29 is 36.6 Å². The summed E-state index contributed by atoms with van der Waals surface area (Å²) < 4.78 is 69.2. The third kappa shape index (κ3) is 8.68. The monoisotopic (exact) mass is 632 g/mol. The molecule has 3 aromatic carbocycles. The number of halogens is 3. The predicted molar refractivity (Wildman–Crippen MR) is 163 cm³/mol. The Morgan fingerprint density at radius 2 is 1.61 bits per heavy atom. The van der Waals surface area contributed by atoms with Gasteiger partial charge in [0.25, 0.3) is 0 Å². The second kappa shape index (κ2) is 13.4. The molecule has 1 aliphatic carbocycles. The molecule has 3 aromatic rings. The maximum atomic E-state index is 13.8. The molecule has 0 saturated carbocycles. The molecule has 1 aliphatic rings. The van der Waals surface area contributed by atoms with Gasteiger partial charge in [-0.25, -0.2) is 8.42 Å². The normalized spacial score (nSPS) is 15.0. The second-order valence-electron chi connectivity index (χ2n) is 12.3. The zero-order valence-corrected chi connectivity index (χ0v) is 25.9. The number of hydrogen-bond donors (Lipinski definition) is 3. The SMILES string of the molecule is CN(CC(O)CNC(C)(C)CC1Cc2ccccc2C1)S(=O)(=O)c1cc(-c2ccc(CCC(=O)O)cc2)cc(C(F)(F)F)c1. The van der Waals surface area contributed by atoms with Crippen molar-refractivity contribution in [3.05, 3.63) is 89.0 Å². The van der Waals surface area contributed by atoms with Crippen LogP contribution in [0.2, 0.25) is 0 Å². The number of rotatable bonds is 13. The molecule has 0 aliphatic heterocycles. The molecule has 0 spiro atoms. The number of aliphatic hydroxyl groups is 1. The first-order valence-electron chi connectivity index (χ1n) is 14.5. The Morgan fingerprint density at radius 3 is 2.18 bits per heavy atom. The van der Waals surface area contributed by atoms with Gasteiger partial charge in [0.15, 0.2) is 0 Å². The van der Waals surface area contributed by atoms with Crippen LogP contribution in [0.15, 0.2) is 71.6 Å². The number of sulfonamides is 1. The first-order chi connectivity index (χ1) is 20.5. The van der Waals surface area contributed by atoms with Gasteiger partial charge in [-0.1, -0.05) is 48.5 Å². The van der Waals surface area contributed by atoms with Crippen LogP contribution >= 0.6 is 0 Å². The number of nitrogens with zero attached hydrogens (tertiary/aromatic N) is 1. The molecule has 0 aromatic heterocycles. The quantitative estimate of drug-likeness (QED) is 0.228. The second-order valence-corrected chi connectivity index (χ2v) is 14.3. The van der Waals surface area contributed by atoms with Crippen molar-refractivity contribution in [3.63, 3.8) is 0 Å². The van der Waals surface area contributed by atoms with Gasteiger partial charge in [0, 0.05) is 32.1 Å². The molecule has 7 nitrogen and oxygen atoms in total. The summed E-state index contributed by atoms with van der Waals surface area (Å²) in [7, 11) is -3.16. The fourth-order valence-corrected chi connectivity index (χ4v) is 7.10. The van der Waals surface area contributed by atoms with E-state index in [9.17, 15) is 31.5 Å². The van der Waals surface area contributed by atoms with E-state index in [1.807, 2.05) is 26.0 Å².